The minimum absolute atomic E-state index is 0.0366. The van der Waals surface area contributed by atoms with Crippen LogP contribution < -0.4 is 0 Å². The highest BCUT2D eigenvalue weighted by Gasteiger charge is 2.46. The van der Waals surface area contributed by atoms with Crippen LogP contribution in [0.2, 0.25) is 0 Å². The highest BCUT2D eigenvalue weighted by Crippen LogP contribution is 2.42. The molecule has 0 amide bonds. The Morgan fingerprint density at radius 2 is 1.92 bits per heavy atom. The van der Waals surface area contributed by atoms with Gasteiger partial charge in [-0.05, 0) is 17.8 Å². The molecule has 3 heteroatoms. The van der Waals surface area contributed by atoms with Gasteiger partial charge in [0.1, 0.15) is 0 Å². The predicted octanol–water partition coefficient (Wildman–Crippen LogP) is 3.04. The molecule has 0 aromatic heterocycles. The number of carbonyl (C=O) groups is 1. The van der Waals surface area contributed by atoms with Gasteiger partial charge in [0.2, 0.25) is 5.78 Å². The molecule has 0 aromatic carbocycles. The summed E-state index contributed by atoms with van der Waals surface area (Å²) in [6.07, 6.45) is 0.377. The van der Waals surface area contributed by atoms with Gasteiger partial charge < -0.3 is 0 Å². The van der Waals surface area contributed by atoms with Crippen molar-refractivity contribution in [2.45, 2.75) is 46.0 Å². The number of carbonyl (C=O) groups excluding carboxylic acids is 1. The summed E-state index contributed by atoms with van der Waals surface area (Å²) in [5.74, 6) is -4.00. The van der Waals surface area contributed by atoms with Gasteiger partial charge >= 0.3 is 5.92 Å². The van der Waals surface area contributed by atoms with Crippen molar-refractivity contribution >= 4 is 5.78 Å². The minimum Gasteiger partial charge on any atom is -0.293 e. The van der Waals surface area contributed by atoms with E-state index in [0.717, 1.165) is 0 Å². The average Bonchev–Trinajstić information content (AvgIpc) is 1.92. The Hall–Kier alpha value is -0.470. The zero-order valence-corrected chi connectivity index (χ0v) is 8.36. The van der Waals surface area contributed by atoms with Gasteiger partial charge in [-0.3, -0.25) is 4.79 Å². The zero-order valence-electron chi connectivity index (χ0n) is 8.36. The van der Waals surface area contributed by atoms with E-state index in [1.165, 1.54) is 0 Å². The lowest BCUT2D eigenvalue weighted by Crippen LogP contribution is -2.40. The molecular formula is C10H16F2O. The second-order valence-corrected chi connectivity index (χ2v) is 4.93. The summed E-state index contributed by atoms with van der Waals surface area (Å²) in [4.78, 5) is 10.8. The second kappa shape index (κ2) is 3.03. The molecule has 1 saturated carbocycles. The lowest BCUT2D eigenvalue weighted by atomic mass is 9.71. The topological polar surface area (TPSA) is 17.1 Å². The van der Waals surface area contributed by atoms with E-state index in [4.69, 9.17) is 0 Å². The first kappa shape index (κ1) is 10.6. The molecule has 76 valence electrons. The predicted molar refractivity (Wildman–Crippen MR) is 46.8 cm³/mol. The van der Waals surface area contributed by atoms with E-state index in [0.29, 0.717) is 6.42 Å². The lowest BCUT2D eigenvalue weighted by molar-refractivity contribution is -0.152. The van der Waals surface area contributed by atoms with Crippen molar-refractivity contribution in [3.8, 4) is 0 Å². The van der Waals surface area contributed by atoms with Crippen molar-refractivity contribution < 1.29 is 13.6 Å². The molecule has 13 heavy (non-hydrogen) atoms. The summed E-state index contributed by atoms with van der Waals surface area (Å²) in [5, 5.41) is 0. The van der Waals surface area contributed by atoms with Crippen molar-refractivity contribution in [3.63, 3.8) is 0 Å². The number of alkyl halides is 2. The first-order chi connectivity index (χ1) is 5.73. The Labute approximate surface area is 77.5 Å². The standard InChI is InChI=1S/C10H16F2O/c1-9(2,3)7-4-5-8(13)10(11,12)6-7/h7H,4-6H2,1-3H3. The number of Topliss-reactive ketones (excluding diaryl/α,β-unsaturated/α-hetero) is 1. The van der Waals surface area contributed by atoms with Gasteiger partial charge in [0.05, 0.1) is 0 Å². The van der Waals surface area contributed by atoms with Crippen LogP contribution in [0, 0.1) is 11.3 Å². The van der Waals surface area contributed by atoms with Gasteiger partial charge in [-0.2, -0.15) is 8.78 Å². The second-order valence-electron chi connectivity index (χ2n) is 4.93. The van der Waals surface area contributed by atoms with Crippen molar-refractivity contribution in [3.05, 3.63) is 0 Å². The molecule has 1 aliphatic carbocycles. The molecule has 1 rings (SSSR count). The van der Waals surface area contributed by atoms with E-state index < -0.39 is 11.7 Å². The molecule has 0 heterocycles. The van der Waals surface area contributed by atoms with Crippen molar-refractivity contribution in [2.75, 3.05) is 0 Å². The number of ketones is 1. The molecule has 1 nitrogen and oxygen atoms in total. The number of halogens is 2. The maximum atomic E-state index is 13.0. The monoisotopic (exact) mass is 190 g/mol. The van der Waals surface area contributed by atoms with Crippen LogP contribution in [0.5, 0.6) is 0 Å². The first-order valence-corrected chi connectivity index (χ1v) is 4.64. The van der Waals surface area contributed by atoms with Crippen LogP contribution in [0.4, 0.5) is 8.78 Å². The molecule has 0 aliphatic heterocycles. The summed E-state index contributed by atoms with van der Waals surface area (Å²) < 4.78 is 26.1. The minimum atomic E-state index is -3.07. The molecule has 0 saturated heterocycles. The number of hydrogen-bond donors (Lipinski definition) is 0. The maximum absolute atomic E-state index is 13.0. The first-order valence-electron chi connectivity index (χ1n) is 4.64. The SMILES string of the molecule is CC(C)(C)C1CCC(=O)C(F)(F)C1. The van der Waals surface area contributed by atoms with Crippen LogP contribution in [-0.4, -0.2) is 11.7 Å². The summed E-state index contributed by atoms with van der Waals surface area (Å²) in [7, 11) is 0. The quantitative estimate of drug-likeness (QED) is 0.573. The van der Waals surface area contributed by atoms with Crippen LogP contribution in [0.25, 0.3) is 0 Å². The summed E-state index contributed by atoms with van der Waals surface area (Å²) in [5.41, 5.74) is -0.121. The fourth-order valence-electron chi connectivity index (χ4n) is 1.75. The summed E-state index contributed by atoms with van der Waals surface area (Å²) in [6, 6.07) is 0. The fourth-order valence-corrected chi connectivity index (χ4v) is 1.75. The maximum Gasteiger partial charge on any atom is 0.305 e. The Kier molecular flexibility index (Phi) is 2.48. The van der Waals surface area contributed by atoms with E-state index in [9.17, 15) is 13.6 Å². The van der Waals surface area contributed by atoms with Crippen LogP contribution >= 0.6 is 0 Å². The highest BCUT2D eigenvalue weighted by molar-refractivity contribution is 5.86. The van der Waals surface area contributed by atoms with Crippen LogP contribution in [0.1, 0.15) is 40.0 Å². The Balaban J connectivity index is 2.72. The van der Waals surface area contributed by atoms with E-state index in [1.54, 1.807) is 0 Å². The van der Waals surface area contributed by atoms with Gasteiger partial charge in [0.25, 0.3) is 0 Å². The number of hydrogen-bond acceptors (Lipinski definition) is 1. The van der Waals surface area contributed by atoms with E-state index >= 15 is 0 Å². The molecule has 1 aliphatic rings. The Morgan fingerprint density at radius 1 is 1.38 bits per heavy atom. The molecule has 0 bridgehead atoms. The average molecular weight is 190 g/mol. The Morgan fingerprint density at radius 3 is 2.31 bits per heavy atom. The van der Waals surface area contributed by atoms with E-state index in [2.05, 4.69) is 0 Å². The van der Waals surface area contributed by atoms with Gasteiger partial charge in [0, 0.05) is 12.8 Å². The molecule has 0 spiro atoms. The van der Waals surface area contributed by atoms with Crippen LogP contribution in [0.15, 0.2) is 0 Å². The third-order valence-electron chi connectivity index (χ3n) is 2.86. The van der Waals surface area contributed by atoms with Crippen molar-refractivity contribution in [1.29, 1.82) is 0 Å². The van der Waals surface area contributed by atoms with Crippen LogP contribution in [0.3, 0.4) is 0 Å². The molecule has 0 N–H and O–H groups in total. The smallest absolute Gasteiger partial charge is 0.293 e. The zero-order chi connectivity index (χ0) is 10.3. The van der Waals surface area contributed by atoms with Gasteiger partial charge in [-0.1, -0.05) is 20.8 Å². The molecule has 1 fully saturated rings. The molecular weight excluding hydrogens is 174 g/mol. The number of rotatable bonds is 0. The van der Waals surface area contributed by atoms with Gasteiger partial charge in [-0.15, -0.1) is 0 Å². The Bertz CT molecular complexity index is 215. The molecule has 1 unspecified atom stereocenters. The summed E-state index contributed by atoms with van der Waals surface area (Å²) >= 11 is 0. The fraction of sp³-hybridized carbons (Fsp3) is 0.900. The largest absolute Gasteiger partial charge is 0.305 e. The highest BCUT2D eigenvalue weighted by atomic mass is 19.3. The third-order valence-corrected chi connectivity index (χ3v) is 2.86. The van der Waals surface area contributed by atoms with E-state index in [1.807, 2.05) is 20.8 Å². The lowest BCUT2D eigenvalue weighted by Gasteiger charge is -2.36. The third kappa shape index (κ3) is 2.26. The molecule has 0 radical (unpaired) electrons. The molecule has 0 aromatic rings. The molecule has 1 atom stereocenters. The van der Waals surface area contributed by atoms with E-state index in [-0.39, 0.29) is 24.2 Å². The van der Waals surface area contributed by atoms with Crippen molar-refractivity contribution in [1.82, 2.24) is 0 Å². The van der Waals surface area contributed by atoms with Crippen molar-refractivity contribution in [2.24, 2.45) is 11.3 Å². The normalized spacial score (nSPS) is 29.0. The van der Waals surface area contributed by atoms with Crippen LogP contribution in [-0.2, 0) is 4.79 Å². The van der Waals surface area contributed by atoms with Gasteiger partial charge in [-0.25, -0.2) is 0 Å². The summed E-state index contributed by atoms with van der Waals surface area (Å²) in [6.45, 7) is 5.84. The van der Waals surface area contributed by atoms with Gasteiger partial charge in [0.15, 0.2) is 0 Å².